The number of anilines is 2. The minimum Gasteiger partial charge on any atom is -0.326 e. The van der Waals surface area contributed by atoms with Crippen molar-refractivity contribution in [1.82, 2.24) is 9.97 Å². The molecule has 2 aromatic rings. The summed E-state index contributed by atoms with van der Waals surface area (Å²) in [6, 6.07) is 5.44. The smallest absolute Gasteiger partial charge is 0.275 e. The van der Waals surface area contributed by atoms with Crippen LogP contribution in [0.2, 0.25) is 0 Å². The highest BCUT2D eigenvalue weighted by molar-refractivity contribution is 6.03. The summed E-state index contributed by atoms with van der Waals surface area (Å²) < 4.78 is 0. The van der Waals surface area contributed by atoms with Gasteiger partial charge in [0, 0.05) is 29.7 Å². The zero-order valence-electron chi connectivity index (χ0n) is 12.2. The van der Waals surface area contributed by atoms with Crippen molar-refractivity contribution in [1.29, 1.82) is 0 Å². The molecule has 0 radical (unpaired) electrons. The number of aryl methyl sites for hydroxylation is 1. The molecule has 0 atom stereocenters. The van der Waals surface area contributed by atoms with Crippen LogP contribution in [0, 0.1) is 12.8 Å². The highest BCUT2D eigenvalue weighted by Crippen LogP contribution is 2.30. The van der Waals surface area contributed by atoms with E-state index in [1.54, 1.807) is 6.07 Å². The Morgan fingerprint density at radius 3 is 2.68 bits per heavy atom. The molecule has 1 fully saturated rings. The first-order chi connectivity index (χ1) is 10.6. The number of carbonyl (C=O) groups excluding carboxylic acids is 2. The van der Waals surface area contributed by atoms with Crippen molar-refractivity contribution in [2.45, 2.75) is 19.8 Å². The summed E-state index contributed by atoms with van der Waals surface area (Å²) in [5.74, 6) is -0.157. The zero-order chi connectivity index (χ0) is 15.5. The summed E-state index contributed by atoms with van der Waals surface area (Å²) >= 11 is 0. The summed E-state index contributed by atoms with van der Waals surface area (Å²) in [6.45, 7) is 1.89. The van der Waals surface area contributed by atoms with Crippen LogP contribution in [0.1, 0.15) is 28.9 Å². The Hall–Kier alpha value is -2.76. The molecule has 1 aliphatic carbocycles. The van der Waals surface area contributed by atoms with Crippen molar-refractivity contribution in [2.75, 3.05) is 10.6 Å². The SMILES string of the molecule is Cc1ccc(NC(=O)C2CC2)cc1NC(=O)c1cnccn1. The molecule has 1 aliphatic rings. The number of hydrogen-bond acceptors (Lipinski definition) is 4. The van der Waals surface area contributed by atoms with Gasteiger partial charge in [-0.05, 0) is 37.5 Å². The first kappa shape index (κ1) is 14.2. The third kappa shape index (κ3) is 3.28. The van der Waals surface area contributed by atoms with Crippen molar-refractivity contribution >= 4 is 23.2 Å². The largest absolute Gasteiger partial charge is 0.326 e. The summed E-state index contributed by atoms with van der Waals surface area (Å²) in [5.41, 5.74) is 2.47. The van der Waals surface area contributed by atoms with Gasteiger partial charge in [-0.25, -0.2) is 4.98 Å². The lowest BCUT2D eigenvalue weighted by molar-refractivity contribution is -0.117. The van der Waals surface area contributed by atoms with Gasteiger partial charge < -0.3 is 10.6 Å². The first-order valence-electron chi connectivity index (χ1n) is 7.12. The van der Waals surface area contributed by atoms with Crippen molar-refractivity contribution in [3.05, 3.63) is 48.0 Å². The zero-order valence-corrected chi connectivity index (χ0v) is 12.2. The van der Waals surface area contributed by atoms with E-state index in [-0.39, 0.29) is 23.4 Å². The minimum absolute atomic E-state index is 0.0371. The van der Waals surface area contributed by atoms with E-state index in [0.717, 1.165) is 18.4 Å². The molecular formula is C16H16N4O2. The van der Waals surface area contributed by atoms with Gasteiger partial charge in [0.05, 0.1) is 6.20 Å². The predicted molar refractivity (Wildman–Crippen MR) is 82.5 cm³/mol. The van der Waals surface area contributed by atoms with Crippen LogP contribution in [-0.2, 0) is 4.79 Å². The highest BCUT2D eigenvalue weighted by atomic mass is 16.2. The van der Waals surface area contributed by atoms with Crippen LogP contribution in [0.4, 0.5) is 11.4 Å². The van der Waals surface area contributed by atoms with Gasteiger partial charge in [-0.2, -0.15) is 0 Å². The van der Waals surface area contributed by atoms with E-state index in [1.807, 2.05) is 19.1 Å². The van der Waals surface area contributed by atoms with Crippen LogP contribution in [-0.4, -0.2) is 21.8 Å². The second kappa shape index (κ2) is 5.93. The standard InChI is InChI=1S/C16H16N4O2/c1-10-2-5-12(19-15(21)11-3-4-11)8-13(10)20-16(22)14-9-17-6-7-18-14/h2,5-9,11H,3-4H2,1H3,(H,19,21)(H,20,22). The molecule has 0 aliphatic heterocycles. The van der Waals surface area contributed by atoms with Crippen LogP contribution >= 0.6 is 0 Å². The number of nitrogens with zero attached hydrogens (tertiary/aromatic N) is 2. The second-order valence-electron chi connectivity index (χ2n) is 5.34. The van der Waals surface area contributed by atoms with E-state index in [2.05, 4.69) is 20.6 Å². The Labute approximate surface area is 128 Å². The second-order valence-corrected chi connectivity index (χ2v) is 5.34. The highest BCUT2D eigenvalue weighted by Gasteiger charge is 2.29. The van der Waals surface area contributed by atoms with Gasteiger partial charge in [-0.15, -0.1) is 0 Å². The third-order valence-electron chi connectivity index (χ3n) is 3.50. The molecule has 2 N–H and O–H groups in total. The molecule has 22 heavy (non-hydrogen) atoms. The van der Waals surface area contributed by atoms with Crippen LogP contribution in [0.15, 0.2) is 36.8 Å². The predicted octanol–water partition coefficient (Wildman–Crippen LogP) is 2.39. The van der Waals surface area contributed by atoms with Gasteiger partial charge in [0.1, 0.15) is 5.69 Å². The van der Waals surface area contributed by atoms with Gasteiger partial charge in [0.25, 0.3) is 5.91 Å². The van der Waals surface area contributed by atoms with Crippen LogP contribution < -0.4 is 10.6 Å². The fraction of sp³-hybridized carbons (Fsp3) is 0.250. The van der Waals surface area contributed by atoms with Gasteiger partial charge in [-0.3, -0.25) is 14.6 Å². The van der Waals surface area contributed by atoms with Crippen LogP contribution in [0.3, 0.4) is 0 Å². The summed E-state index contributed by atoms with van der Waals surface area (Å²) in [5, 5.41) is 5.66. The van der Waals surface area contributed by atoms with E-state index in [4.69, 9.17) is 0 Å². The molecule has 112 valence electrons. The Balaban J connectivity index is 1.75. The Bertz CT molecular complexity index is 711. The average molecular weight is 296 g/mol. The quantitative estimate of drug-likeness (QED) is 0.907. The molecule has 1 aromatic heterocycles. The lowest BCUT2D eigenvalue weighted by Gasteiger charge is -2.11. The topological polar surface area (TPSA) is 84.0 Å². The van der Waals surface area contributed by atoms with Crippen molar-refractivity contribution in [2.24, 2.45) is 5.92 Å². The Morgan fingerprint density at radius 2 is 2.00 bits per heavy atom. The number of rotatable bonds is 4. The molecule has 0 bridgehead atoms. The number of aromatic nitrogens is 2. The Kier molecular flexibility index (Phi) is 3.82. The number of carbonyl (C=O) groups is 2. The maximum absolute atomic E-state index is 12.1. The van der Waals surface area contributed by atoms with Gasteiger partial charge in [-0.1, -0.05) is 6.07 Å². The Morgan fingerprint density at radius 1 is 1.18 bits per heavy atom. The van der Waals surface area contributed by atoms with Gasteiger partial charge >= 0.3 is 0 Å². The average Bonchev–Trinajstić information content (AvgIpc) is 3.36. The molecule has 1 heterocycles. The lowest BCUT2D eigenvalue weighted by Crippen LogP contribution is -2.16. The van der Waals surface area contributed by atoms with Crippen LogP contribution in [0.5, 0.6) is 0 Å². The van der Waals surface area contributed by atoms with E-state index < -0.39 is 0 Å². The molecule has 0 unspecified atom stereocenters. The summed E-state index contributed by atoms with van der Waals surface area (Å²) in [4.78, 5) is 31.8. The molecule has 6 heteroatoms. The van der Waals surface area contributed by atoms with E-state index in [1.165, 1.54) is 18.6 Å². The molecular weight excluding hydrogens is 280 g/mol. The maximum atomic E-state index is 12.1. The number of amides is 2. The molecule has 0 spiro atoms. The van der Waals surface area contributed by atoms with Gasteiger partial charge in [0.2, 0.25) is 5.91 Å². The number of nitrogens with one attached hydrogen (secondary N) is 2. The van der Waals surface area contributed by atoms with Crippen molar-refractivity contribution < 1.29 is 9.59 Å². The molecule has 2 amide bonds. The van der Waals surface area contributed by atoms with E-state index >= 15 is 0 Å². The molecule has 1 aromatic carbocycles. The fourth-order valence-corrected chi connectivity index (χ4v) is 2.03. The van der Waals surface area contributed by atoms with Crippen molar-refractivity contribution in [3.8, 4) is 0 Å². The lowest BCUT2D eigenvalue weighted by atomic mass is 10.1. The molecule has 0 saturated heterocycles. The fourth-order valence-electron chi connectivity index (χ4n) is 2.03. The monoisotopic (exact) mass is 296 g/mol. The van der Waals surface area contributed by atoms with Crippen LogP contribution in [0.25, 0.3) is 0 Å². The number of benzene rings is 1. The normalized spacial score (nSPS) is 13.5. The molecule has 1 saturated carbocycles. The minimum atomic E-state index is -0.332. The summed E-state index contributed by atoms with van der Waals surface area (Å²) in [7, 11) is 0. The van der Waals surface area contributed by atoms with Gasteiger partial charge in [0.15, 0.2) is 0 Å². The first-order valence-corrected chi connectivity index (χ1v) is 7.12. The summed E-state index contributed by atoms with van der Waals surface area (Å²) in [6.07, 6.45) is 6.29. The maximum Gasteiger partial charge on any atom is 0.275 e. The molecule has 6 nitrogen and oxygen atoms in total. The van der Waals surface area contributed by atoms with E-state index in [9.17, 15) is 9.59 Å². The number of hydrogen-bond donors (Lipinski definition) is 2. The third-order valence-corrected chi connectivity index (χ3v) is 3.50. The molecule has 3 rings (SSSR count). The van der Waals surface area contributed by atoms with Crippen molar-refractivity contribution in [3.63, 3.8) is 0 Å². The van der Waals surface area contributed by atoms with E-state index in [0.29, 0.717) is 11.4 Å².